The Morgan fingerprint density at radius 3 is 0.828 bits per heavy atom. The van der Waals surface area contributed by atoms with Crippen molar-refractivity contribution in [3.63, 3.8) is 0 Å². The Balaban J connectivity index is 3.03. The molecular formula is C29H60. The minimum Gasteiger partial charge on any atom is -0.0654 e. The van der Waals surface area contributed by atoms with Crippen LogP contribution >= 0.6 is 0 Å². The second-order valence-corrected chi connectivity index (χ2v) is 10.4. The van der Waals surface area contributed by atoms with Crippen molar-refractivity contribution in [1.82, 2.24) is 0 Å². The summed E-state index contributed by atoms with van der Waals surface area (Å²) < 4.78 is 0. The summed E-state index contributed by atoms with van der Waals surface area (Å²) in [5.41, 5.74) is 0. The largest absolute Gasteiger partial charge is 0.0654 e. The lowest BCUT2D eigenvalue weighted by Crippen LogP contribution is -2.03. The molecule has 29 heavy (non-hydrogen) atoms. The standard InChI is InChI=1S/C29H60/c1-5-6-7-8-9-10-11-12-13-14-15-16-17-18-19-20-21-22-23-24-25-26-27-29(4)28(2)3/h28-29H,5-27H2,1-4H3. The molecule has 176 valence electrons. The average molecular weight is 409 g/mol. The van der Waals surface area contributed by atoms with Crippen LogP contribution in [0.2, 0.25) is 0 Å². The highest BCUT2D eigenvalue weighted by molar-refractivity contribution is 4.57. The molecule has 0 heterocycles. The van der Waals surface area contributed by atoms with Crippen LogP contribution in [-0.4, -0.2) is 0 Å². The van der Waals surface area contributed by atoms with Gasteiger partial charge in [0.25, 0.3) is 0 Å². The maximum absolute atomic E-state index is 2.42. The van der Waals surface area contributed by atoms with Crippen LogP contribution < -0.4 is 0 Å². The Morgan fingerprint density at radius 2 is 0.586 bits per heavy atom. The first-order valence-electron chi connectivity index (χ1n) is 14.2. The molecule has 0 N–H and O–H groups in total. The Bertz CT molecular complexity index is 280. The molecule has 0 saturated heterocycles. The van der Waals surface area contributed by atoms with Crippen LogP contribution in [0, 0.1) is 11.8 Å². The molecule has 1 atom stereocenters. The Labute approximate surface area is 187 Å². The van der Waals surface area contributed by atoms with Crippen LogP contribution in [0.3, 0.4) is 0 Å². The van der Waals surface area contributed by atoms with Gasteiger partial charge in [-0.15, -0.1) is 0 Å². The predicted octanol–water partition coefficient (Wildman–Crippen LogP) is 11.3. The van der Waals surface area contributed by atoms with Crippen LogP contribution in [-0.2, 0) is 0 Å². The van der Waals surface area contributed by atoms with Gasteiger partial charge in [-0.3, -0.25) is 0 Å². The van der Waals surface area contributed by atoms with Crippen LogP contribution in [0.4, 0.5) is 0 Å². The summed E-state index contributed by atoms with van der Waals surface area (Å²) in [4.78, 5) is 0. The van der Waals surface area contributed by atoms with E-state index < -0.39 is 0 Å². The molecular weight excluding hydrogens is 348 g/mol. The van der Waals surface area contributed by atoms with Crippen LogP contribution in [0.5, 0.6) is 0 Å². The highest BCUT2D eigenvalue weighted by atomic mass is 14.1. The molecule has 0 bridgehead atoms. The third kappa shape index (κ3) is 24.1. The second kappa shape index (κ2) is 24.3. The fraction of sp³-hybridized carbons (Fsp3) is 1.00. The van der Waals surface area contributed by atoms with E-state index in [1.807, 2.05) is 0 Å². The average Bonchev–Trinajstić information content (AvgIpc) is 2.71. The minimum absolute atomic E-state index is 0.866. The van der Waals surface area contributed by atoms with Gasteiger partial charge in [-0.1, -0.05) is 175 Å². The SMILES string of the molecule is CCCCCCCCCCCCCCCCCCCCCCCCC(C)C(C)C. The number of hydrogen-bond donors (Lipinski definition) is 0. The molecule has 0 radical (unpaired) electrons. The van der Waals surface area contributed by atoms with Gasteiger partial charge in [0.05, 0.1) is 0 Å². The summed E-state index contributed by atoms with van der Waals surface area (Å²) in [5, 5.41) is 0. The maximum Gasteiger partial charge on any atom is -0.0420 e. The summed E-state index contributed by atoms with van der Waals surface area (Å²) in [5.74, 6) is 1.78. The number of unbranched alkanes of at least 4 members (excludes halogenated alkanes) is 21. The highest BCUT2D eigenvalue weighted by Crippen LogP contribution is 2.19. The van der Waals surface area contributed by atoms with E-state index in [4.69, 9.17) is 0 Å². The monoisotopic (exact) mass is 408 g/mol. The molecule has 0 saturated carbocycles. The lowest BCUT2D eigenvalue weighted by atomic mass is 9.92. The molecule has 0 fully saturated rings. The molecule has 0 aromatic heterocycles. The molecule has 0 nitrogen and oxygen atoms in total. The minimum atomic E-state index is 0.866. The Hall–Kier alpha value is 0. The van der Waals surface area contributed by atoms with E-state index >= 15 is 0 Å². The van der Waals surface area contributed by atoms with Crippen LogP contribution in [0.15, 0.2) is 0 Å². The number of rotatable bonds is 24. The first-order valence-corrected chi connectivity index (χ1v) is 14.2. The fourth-order valence-corrected chi connectivity index (χ4v) is 4.41. The van der Waals surface area contributed by atoms with Crippen molar-refractivity contribution in [3.05, 3.63) is 0 Å². The van der Waals surface area contributed by atoms with Gasteiger partial charge >= 0.3 is 0 Å². The lowest BCUT2D eigenvalue weighted by molar-refractivity contribution is 0.374. The van der Waals surface area contributed by atoms with E-state index in [1.165, 1.54) is 148 Å². The van der Waals surface area contributed by atoms with Gasteiger partial charge in [0.15, 0.2) is 0 Å². The number of hydrogen-bond acceptors (Lipinski definition) is 0. The summed E-state index contributed by atoms with van der Waals surface area (Å²) in [6.07, 6.45) is 33.9. The van der Waals surface area contributed by atoms with Crippen molar-refractivity contribution in [2.45, 2.75) is 175 Å². The topological polar surface area (TPSA) is 0 Å². The highest BCUT2D eigenvalue weighted by Gasteiger charge is 2.05. The quantitative estimate of drug-likeness (QED) is 0.139. The Morgan fingerprint density at radius 1 is 0.345 bits per heavy atom. The zero-order chi connectivity index (χ0) is 21.4. The van der Waals surface area contributed by atoms with Gasteiger partial charge in [-0.2, -0.15) is 0 Å². The molecule has 0 heteroatoms. The molecule has 0 aromatic rings. The van der Waals surface area contributed by atoms with E-state index in [0.717, 1.165) is 11.8 Å². The summed E-state index contributed by atoms with van der Waals surface area (Å²) in [6.45, 7) is 9.45. The van der Waals surface area contributed by atoms with E-state index in [0.29, 0.717) is 0 Å². The molecule has 0 aliphatic heterocycles. The second-order valence-electron chi connectivity index (χ2n) is 10.4. The van der Waals surface area contributed by atoms with E-state index in [1.54, 1.807) is 0 Å². The molecule has 0 aromatic carbocycles. The zero-order valence-corrected chi connectivity index (χ0v) is 21.4. The fourth-order valence-electron chi connectivity index (χ4n) is 4.41. The summed E-state index contributed by atoms with van der Waals surface area (Å²) in [6, 6.07) is 0. The lowest BCUT2D eigenvalue weighted by Gasteiger charge is -2.14. The van der Waals surface area contributed by atoms with Crippen molar-refractivity contribution >= 4 is 0 Å². The maximum atomic E-state index is 2.42. The van der Waals surface area contributed by atoms with E-state index in [-0.39, 0.29) is 0 Å². The van der Waals surface area contributed by atoms with Crippen molar-refractivity contribution in [2.24, 2.45) is 11.8 Å². The van der Waals surface area contributed by atoms with Gasteiger partial charge in [0.2, 0.25) is 0 Å². The first-order chi connectivity index (χ1) is 14.2. The molecule has 0 spiro atoms. The van der Waals surface area contributed by atoms with Gasteiger partial charge < -0.3 is 0 Å². The van der Waals surface area contributed by atoms with Crippen LogP contribution in [0.25, 0.3) is 0 Å². The van der Waals surface area contributed by atoms with Crippen molar-refractivity contribution < 1.29 is 0 Å². The molecule has 0 rings (SSSR count). The van der Waals surface area contributed by atoms with E-state index in [9.17, 15) is 0 Å². The summed E-state index contributed by atoms with van der Waals surface area (Å²) in [7, 11) is 0. The summed E-state index contributed by atoms with van der Waals surface area (Å²) >= 11 is 0. The third-order valence-corrected chi connectivity index (χ3v) is 7.15. The third-order valence-electron chi connectivity index (χ3n) is 7.15. The van der Waals surface area contributed by atoms with Crippen molar-refractivity contribution in [2.75, 3.05) is 0 Å². The van der Waals surface area contributed by atoms with Crippen molar-refractivity contribution in [1.29, 1.82) is 0 Å². The first kappa shape index (κ1) is 29.0. The predicted molar refractivity (Wildman–Crippen MR) is 136 cm³/mol. The van der Waals surface area contributed by atoms with Gasteiger partial charge in [0, 0.05) is 0 Å². The molecule has 0 aliphatic carbocycles. The van der Waals surface area contributed by atoms with Gasteiger partial charge in [-0.05, 0) is 11.8 Å². The van der Waals surface area contributed by atoms with Gasteiger partial charge in [-0.25, -0.2) is 0 Å². The molecule has 0 amide bonds. The van der Waals surface area contributed by atoms with E-state index in [2.05, 4.69) is 27.7 Å². The smallest absolute Gasteiger partial charge is 0.0420 e. The Kier molecular flexibility index (Phi) is 24.3. The molecule has 1 unspecified atom stereocenters. The normalized spacial score (nSPS) is 12.7. The van der Waals surface area contributed by atoms with Crippen molar-refractivity contribution in [3.8, 4) is 0 Å². The zero-order valence-electron chi connectivity index (χ0n) is 21.4. The van der Waals surface area contributed by atoms with Gasteiger partial charge in [0.1, 0.15) is 0 Å². The molecule has 0 aliphatic rings. The van der Waals surface area contributed by atoms with Crippen LogP contribution in [0.1, 0.15) is 175 Å².